The van der Waals surface area contributed by atoms with E-state index in [2.05, 4.69) is 28.2 Å². The average Bonchev–Trinajstić information content (AvgIpc) is 2.41. The van der Waals surface area contributed by atoms with Crippen molar-refractivity contribution < 1.29 is 4.79 Å². The van der Waals surface area contributed by atoms with Gasteiger partial charge in [-0.25, -0.2) is 0 Å². The van der Waals surface area contributed by atoms with Gasteiger partial charge in [-0.3, -0.25) is 4.79 Å². The molecule has 1 amide bonds. The molecule has 0 unspecified atom stereocenters. The summed E-state index contributed by atoms with van der Waals surface area (Å²) in [6, 6.07) is 11.3. The summed E-state index contributed by atoms with van der Waals surface area (Å²) in [5, 5.41) is 2.88. The van der Waals surface area contributed by atoms with Gasteiger partial charge < -0.3 is 11.1 Å². The predicted molar refractivity (Wildman–Crippen MR) is 87.1 cm³/mol. The van der Waals surface area contributed by atoms with Crippen molar-refractivity contribution >= 4 is 33.2 Å². The maximum absolute atomic E-state index is 12.3. The third-order valence-corrected chi connectivity index (χ3v) is 3.72. The maximum Gasteiger partial charge on any atom is 0.255 e. The first kappa shape index (κ1) is 14.6. The molecule has 20 heavy (non-hydrogen) atoms. The summed E-state index contributed by atoms with van der Waals surface area (Å²) < 4.78 is 0.883. The molecular weight excluding hydrogens is 316 g/mol. The van der Waals surface area contributed by atoms with Crippen molar-refractivity contribution in [3.05, 3.63) is 57.6 Å². The Hall–Kier alpha value is -1.81. The topological polar surface area (TPSA) is 55.1 Å². The Balaban J connectivity index is 2.23. The van der Waals surface area contributed by atoms with Crippen molar-refractivity contribution in [2.45, 2.75) is 20.3 Å². The largest absolute Gasteiger partial charge is 0.398 e. The Morgan fingerprint density at radius 1 is 1.25 bits per heavy atom. The van der Waals surface area contributed by atoms with Crippen LogP contribution in [0.1, 0.15) is 28.4 Å². The van der Waals surface area contributed by atoms with Gasteiger partial charge in [-0.05, 0) is 48.7 Å². The number of carbonyl (C=O) groups is 1. The number of hydrogen-bond donors (Lipinski definition) is 2. The van der Waals surface area contributed by atoms with Crippen LogP contribution in [0, 0.1) is 6.92 Å². The normalized spacial score (nSPS) is 10.3. The van der Waals surface area contributed by atoms with Crippen LogP contribution >= 0.6 is 15.9 Å². The van der Waals surface area contributed by atoms with Crippen molar-refractivity contribution in [2.75, 3.05) is 11.1 Å². The maximum atomic E-state index is 12.3. The quantitative estimate of drug-likeness (QED) is 0.829. The summed E-state index contributed by atoms with van der Waals surface area (Å²) in [4.78, 5) is 12.3. The summed E-state index contributed by atoms with van der Waals surface area (Å²) in [7, 11) is 0. The second-order valence-corrected chi connectivity index (χ2v) is 5.60. The third kappa shape index (κ3) is 3.20. The number of anilines is 2. The molecule has 0 spiro atoms. The molecule has 0 saturated carbocycles. The van der Waals surface area contributed by atoms with E-state index >= 15 is 0 Å². The molecule has 0 aliphatic carbocycles. The summed E-state index contributed by atoms with van der Waals surface area (Å²) in [5.74, 6) is -0.132. The van der Waals surface area contributed by atoms with Crippen LogP contribution in [0.2, 0.25) is 0 Å². The minimum absolute atomic E-state index is 0.132. The van der Waals surface area contributed by atoms with Gasteiger partial charge in [-0.15, -0.1) is 0 Å². The molecule has 2 aromatic carbocycles. The zero-order valence-electron chi connectivity index (χ0n) is 11.5. The molecule has 0 atom stereocenters. The molecule has 2 aromatic rings. The van der Waals surface area contributed by atoms with E-state index in [4.69, 9.17) is 5.73 Å². The Morgan fingerprint density at radius 2 is 2.00 bits per heavy atom. The van der Waals surface area contributed by atoms with E-state index in [1.54, 1.807) is 6.07 Å². The van der Waals surface area contributed by atoms with E-state index in [0.29, 0.717) is 16.9 Å². The smallest absolute Gasteiger partial charge is 0.255 e. The van der Waals surface area contributed by atoms with Crippen molar-refractivity contribution in [1.82, 2.24) is 0 Å². The van der Waals surface area contributed by atoms with Gasteiger partial charge in [-0.1, -0.05) is 35.0 Å². The Labute approximate surface area is 127 Å². The van der Waals surface area contributed by atoms with Crippen molar-refractivity contribution in [1.29, 1.82) is 0 Å². The van der Waals surface area contributed by atoms with E-state index in [1.807, 2.05) is 37.3 Å². The molecule has 0 radical (unpaired) electrons. The summed E-state index contributed by atoms with van der Waals surface area (Å²) in [5.41, 5.74) is 10.0. The lowest BCUT2D eigenvalue weighted by Crippen LogP contribution is -2.13. The van der Waals surface area contributed by atoms with Gasteiger partial charge >= 0.3 is 0 Å². The molecule has 4 heteroatoms. The van der Waals surface area contributed by atoms with Crippen molar-refractivity contribution in [3.8, 4) is 0 Å². The van der Waals surface area contributed by atoms with Crippen LogP contribution in [0.3, 0.4) is 0 Å². The average molecular weight is 333 g/mol. The highest BCUT2D eigenvalue weighted by atomic mass is 79.9. The number of nitrogens with one attached hydrogen (secondary N) is 1. The zero-order chi connectivity index (χ0) is 14.7. The number of halogens is 1. The monoisotopic (exact) mass is 332 g/mol. The number of benzene rings is 2. The second kappa shape index (κ2) is 6.09. The van der Waals surface area contributed by atoms with Gasteiger partial charge in [0.2, 0.25) is 0 Å². The lowest BCUT2D eigenvalue weighted by Gasteiger charge is -2.10. The van der Waals surface area contributed by atoms with Crippen LogP contribution in [-0.4, -0.2) is 5.91 Å². The molecule has 0 saturated heterocycles. The van der Waals surface area contributed by atoms with Crippen LogP contribution in [-0.2, 0) is 6.42 Å². The molecule has 0 aromatic heterocycles. The van der Waals surface area contributed by atoms with Crippen LogP contribution in [0.25, 0.3) is 0 Å². The van der Waals surface area contributed by atoms with Crippen molar-refractivity contribution in [2.24, 2.45) is 0 Å². The summed E-state index contributed by atoms with van der Waals surface area (Å²) in [6.07, 6.45) is 0.880. The SMILES string of the molecule is CCc1ccc(NC(=O)c2cc(Br)ccc2C)cc1N. The highest BCUT2D eigenvalue weighted by molar-refractivity contribution is 9.10. The highest BCUT2D eigenvalue weighted by Crippen LogP contribution is 2.21. The van der Waals surface area contributed by atoms with E-state index in [-0.39, 0.29) is 5.91 Å². The first-order valence-electron chi connectivity index (χ1n) is 6.47. The van der Waals surface area contributed by atoms with E-state index < -0.39 is 0 Å². The fraction of sp³-hybridized carbons (Fsp3) is 0.188. The van der Waals surface area contributed by atoms with Gasteiger partial charge in [0.1, 0.15) is 0 Å². The summed E-state index contributed by atoms with van der Waals surface area (Å²) >= 11 is 3.38. The molecular formula is C16H17BrN2O. The van der Waals surface area contributed by atoms with Gasteiger partial charge in [0.05, 0.1) is 0 Å². The number of nitrogen functional groups attached to an aromatic ring is 1. The van der Waals surface area contributed by atoms with Gasteiger partial charge in [0.15, 0.2) is 0 Å². The third-order valence-electron chi connectivity index (χ3n) is 3.23. The van der Waals surface area contributed by atoms with E-state index in [0.717, 1.165) is 22.0 Å². The number of amides is 1. The molecule has 2 rings (SSSR count). The number of aryl methyl sites for hydroxylation is 2. The zero-order valence-corrected chi connectivity index (χ0v) is 13.1. The Morgan fingerprint density at radius 3 is 2.65 bits per heavy atom. The predicted octanol–water partition coefficient (Wildman–Crippen LogP) is 4.15. The van der Waals surface area contributed by atoms with Gasteiger partial charge in [0.25, 0.3) is 5.91 Å². The van der Waals surface area contributed by atoms with E-state index in [1.165, 1.54) is 0 Å². The first-order valence-corrected chi connectivity index (χ1v) is 7.26. The first-order chi connectivity index (χ1) is 9.51. The molecule has 104 valence electrons. The standard InChI is InChI=1S/C16H17BrN2O/c1-3-11-5-7-13(9-15(11)18)19-16(20)14-8-12(17)6-4-10(14)2/h4-9H,3,18H2,1-2H3,(H,19,20). The molecule has 0 fully saturated rings. The number of hydrogen-bond acceptors (Lipinski definition) is 2. The number of nitrogens with two attached hydrogens (primary N) is 1. The van der Waals surface area contributed by atoms with Gasteiger partial charge in [0, 0.05) is 21.4 Å². The second-order valence-electron chi connectivity index (χ2n) is 4.68. The molecule has 0 heterocycles. The molecule has 0 aliphatic rings. The lowest BCUT2D eigenvalue weighted by molar-refractivity contribution is 0.102. The molecule has 3 nitrogen and oxygen atoms in total. The summed E-state index contributed by atoms with van der Waals surface area (Å²) in [6.45, 7) is 3.96. The van der Waals surface area contributed by atoms with E-state index in [9.17, 15) is 4.79 Å². The van der Waals surface area contributed by atoms with Gasteiger partial charge in [-0.2, -0.15) is 0 Å². The Kier molecular flexibility index (Phi) is 4.45. The van der Waals surface area contributed by atoms with Crippen LogP contribution in [0.15, 0.2) is 40.9 Å². The molecule has 0 bridgehead atoms. The number of carbonyl (C=O) groups excluding carboxylic acids is 1. The molecule has 3 N–H and O–H groups in total. The highest BCUT2D eigenvalue weighted by Gasteiger charge is 2.10. The van der Waals surface area contributed by atoms with Crippen LogP contribution in [0.4, 0.5) is 11.4 Å². The lowest BCUT2D eigenvalue weighted by atomic mass is 10.1. The van der Waals surface area contributed by atoms with Crippen LogP contribution < -0.4 is 11.1 Å². The Bertz CT molecular complexity index is 653. The fourth-order valence-corrected chi connectivity index (χ4v) is 2.39. The fourth-order valence-electron chi connectivity index (χ4n) is 2.03. The minimum atomic E-state index is -0.132. The number of rotatable bonds is 3. The van der Waals surface area contributed by atoms with Crippen molar-refractivity contribution in [3.63, 3.8) is 0 Å². The van der Waals surface area contributed by atoms with Crippen LogP contribution in [0.5, 0.6) is 0 Å². The molecule has 0 aliphatic heterocycles. The minimum Gasteiger partial charge on any atom is -0.398 e.